The van der Waals surface area contributed by atoms with Crippen LogP contribution < -0.4 is 0 Å². The highest BCUT2D eigenvalue weighted by Crippen LogP contribution is 2.34. The molecule has 5 heteroatoms. The van der Waals surface area contributed by atoms with Crippen LogP contribution >= 0.6 is 0 Å². The third-order valence-electron chi connectivity index (χ3n) is 9.54. The highest BCUT2D eigenvalue weighted by Gasteiger charge is 2.29. The summed E-state index contributed by atoms with van der Waals surface area (Å²) >= 11 is 0. The molecule has 1 amide bonds. The number of carbonyl (C=O) groups is 1. The SMILES string of the molecule is CCCC(Cc1cn(-c2ccc(C(C)C)cc2)c2cnc(-c3c(CC)cccc3CC)cc12)CN(C(=O)O)C1CCCC1. The van der Waals surface area contributed by atoms with Crippen LogP contribution in [0.2, 0.25) is 0 Å². The molecule has 0 aliphatic heterocycles. The molecule has 1 unspecified atom stereocenters. The molecular formula is C38H49N3O2. The maximum absolute atomic E-state index is 12.4. The van der Waals surface area contributed by atoms with Gasteiger partial charge in [-0.05, 0) is 90.8 Å². The molecule has 1 atom stereocenters. The molecule has 5 nitrogen and oxygen atoms in total. The predicted molar refractivity (Wildman–Crippen MR) is 178 cm³/mol. The molecule has 228 valence electrons. The van der Waals surface area contributed by atoms with Crippen molar-refractivity contribution in [1.82, 2.24) is 14.5 Å². The maximum atomic E-state index is 12.4. The van der Waals surface area contributed by atoms with E-state index in [9.17, 15) is 9.90 Å². The van der Waals surface area contributed by atoms with Crippen molar-refractivity contribution in [2.45, 2.75) is 104 Å². The average Bonchev–Trinajstić information content (AvgIpc) is 3.67. The molecule has 0 radical (unpaired) electrons. The summed E-state index contributed by atoms with van der Waals surface area (Å²) in [6, 6.07) is 17.9. The van der Waals surface area contributed by atoms with E-state index in [0.717, 1.165) is 74.7 Å². The van der Waals surface area contributed by atoms with Crippen molar-refractivity contribution >= 4 is 17.0 Å². The van der Waals surface area contributed by atoms with Crippen molar-refractivity contribution < 1.29 is 9.90 Å². The van der Waals surface area contributed by atoms with Crippen molar-refractivity contribution in [3.63, 3.8) is 0 Å². The molecular weight excluding hydrogens is 530 g/mol. The summed E-state index contributed by atoms with van der Waals surface area (Å²) in [5.74, 6) is 0.739. The Bertz CT molecular complexity index is 1510. The molecule has 0 saturated heterocycles. The molecule has 5 rings (SSSR count). The summed E-state index contributed by atoms with van der Waals surface area (Å²) in [6.45, 7) is 11.7. The summed E-state index contributed by atoms with van der Waals surface area (Å²) in [5, 5.41) is 11.4. The Balaban J connectivity index is 1.61. The minimum absolute atomic E-state index is 0.159. The van der Waals surface area contributed by atoms with E-state index < -0.39 is 6.09 Å². The second kappa shape index (κ2) is 13.8. The van der Waals surface area contributed by atoms with Gasteiger partial charge in [-0.1, -0.05) is 84.2 Å². The topological polar surface area (TPSA) is 58.4 Å². The number of aromatic nitrogens is 2. The van der Waals surface area contributed by atoms with Gasteiger partial charge in [0.2, 0.25) is 0 Å². The van der Waals surface area contributed by atoms with E-state index >= 15 is 0 Å². The fraction of sp³-hybridized carbons (Fsp3) is 0.474. The first-order chi connectivity index (χ1) is 20.8. The Kier molecular flexibility index (Phi) is 9.90. The van der Waals surface area contributed by atoms with Crippen LogP contribution in [-0.2, 0) is 19.3 Å². The molecule has 0 spiro atoms. The second-order valence-corrected chi connectivity index (χ2v) is 12.7. The number of carboxylic acid groups (broad SMARTS) is 1. The zero-order valence-corrected chi connectivity index (χ0v) is 26.8. The summed E-state index contributed by atoms with van der Waals surface area (Å²) in [5.41, 5.74) is 9.77. The first-order valence-corrected chi connectivity index (χ1v) is 16.5. The molecule has 1 fully saturated rings. The number of pyridine rings is 1. The Morgan fingerprint density at radius 1 is 1.00 bits per heavy atom. The Morgan fingerprint density at radius 2 is 1.67 bits per heavy atom. The molecule has 1 N–H and O–H groups in total. The molecule has 2 heterocycles. The summed E-state index contributed by atoms with van der Waals surface area (Å²) in [4.78, 5) is 19.2. The first kappa shape index (κ1) is 30.8. The van der Waals surface area contributed by atoms with Crippen LogP contribution in [0.3, 0.4) is 0 Å². The van der Waals surface area contributed by atoms with Crippen LogP contribution in [0.5, 0.6) is 0 Å². The number of fused-ring (bicyclic) bond motifs is 1. The number of hydrogen-bond donors (Lipinski definition) is 1. The van der Waals surface area contributed by atoms with E-state index in [0.29, 0.717) is 12.5 Å². The van der Waals surface area contributed by atoms with Gasteiger partial charge in [0.25, 0.3) is 0 Å². The van der Waals surface area contributed by atoms with Crippen molar-refractivity contribution in [2.75, 3.05) is 6.54 Å². The second-order valence-electron chi connectivity index (χ2n) is 12.7. The summed E-state index contributed by atoms with van der Waals surface area (Å²) < 4.78 is 2.28. The van der Waals surface area contributed by atoms with Gasteiger partial charge in [-0.3, -0.25) is 4.98 Å². The number of aryl methyl sites for hydroxylation is 2. The van der Waals surface area contributed by atoms with E-state index in [4.69, 9.17) is 4.98 Å². The van der Waals surface area contributed by atoms with Gasteiger partial charge in [-0.2, -0.15) is 0 Å². The molecule has 1 saturated carbocycles. The maximum Gasteiger partial charge on any atom is 0.407 e. The largest absolute Gasteiger partial charge is 0.465 e. The monoisotopic (exact) mass is 579 g/mol. The van der Waals surface area contributed by atoms with E-state index in [1.165, 1.54) is 33.2 Å². The van der Waals surface area contributed by atoms with Crippen molar-refractivity contribution in [1.29, 1.82) is 0 Å². The van der Waals surface area contributed by atoms with Crippen molar-refractivity contribution in [3.8, 4) is 16.9 Å². The van der Waals surface area contributed by atoms with Crippen LogP contribution in [0.1, 0.15) is 101 Å². The molecule has 1 aliphatic rings. The normalized spacial score (nSPS) is 14.6. The lowest BCUT2D eigenvalue weighted by atomic mass is 9.92. The van der Waals surface area contributed by atoms with Gasteiger partial charge in [0.15, 0.2) is 0 Å². The third kappa shape index (κ3) is 6.66. The lowest BCUT2D eigenvalue weighted by Gasteiger charge is -2.30. The average molecular weight is 580 g/mol. The minimum Gasteiger partial charge on any atom is -0.465 e. The van der Waals surface area contributed by atoms with Gasteiger partial charge in [0.1, 0.15) is 0 Å². The zero-order valence-electron chi connectivity index (χ0n) is 26.8. The third-order valence-corrected chi connectivity index (χ3v) is 9.54. The number of rotatable bonds is 12. The van der Waals surface area contributed by atoms with Gasteiger partial charge >= 0.3 is 6.09 Å². The van der Waals surface area contributed by atoms with Crippen LogP contribution in [0.4, 0.5) is 4.79 Å². The van der Waals surface area contributed by atoms with E-state index in [1.54, 1.807) is 4.90 Å². The number of hydrogen-bond acceptors (Lipinski definition) is 2. The quantitative estimate of drug-likeness (QED) is 0.182. The molecule has 43 heavy (non-hydrogen) atoms. The number of amides is 1. The standard InChI is InChI=1S/C38H49N3O2/c1-6-12-27(24-41(38(42)43)32-15-9-10-16-32)21-31-25-40(33-19-17-30(18-20-33)26(4)5)36-23-39-35(22-34(31)36)37-28(7-2)13-11-14-29(37)8-3/h11,13-14,17-20,22-23,25-27,32H,6-10,12,15-16,21,24H2,1-5H3,(H,42,43). The Morgan fingerprint density at radius 3 is 2.26 bits per heavy atom. The molecule has 2 aromatic heterocycles. The summed E-state index contributed by atoms with van der Waals surface area (Å²) in [7, 11) is 0. The fourth-order valence-electron chi connectivity index (χ4n) is 7.15. The fourth-order valence-corrected chi connectivity index (χ4v) is 7.15. The van der Waals surface area contributed by atoms with E-state index in [2.05, 4.69) is 93.9 Å². The number of nitrogens with zero attached hydrogens (tertiary/aromatic N) is 3. The van der Waals surface area contributed by atoms with Gasteiger partial charge in [-0.15, -0.1) is 0 Å². The van der Waals surface area contributed by atoms with Crippen LogP contribution in [0.25, 0.3) is 27.8 Å². The highest BCUT2D eigenvalue weighted by molar-refractivity contribution is 5.89. The molecule has 0 bridgehead atoms. The van der Waals surface area contributed by atoms with E-state index in [-0.39, 0.29) is 12.0 Å². The first-order valence-electron chi connectivity index (χ1n) is 16.5. The van der Waals surface area contributed by atoms with Gasteiger partial charge in [0, 0.05) is 35.4 Å². The van der Waals surface area contributed by atoms with Crippen molar-refractivity contribution in [3.05, 3.63) is 83.2 Å². The van der Waals surface area contributed by atoms with Gasteiger partial charge in [0.05, 0.1) is 17.4 Å². The minimum atomic E-state index is -0.768. The molecule has 4 aromatic rings. The lowest BCUT2D eigenvalue weighted by molar-refractivity contribution is 0.113. The van der Waals surface area contributed by atoms with Crippen molar-refractivity contribution in [2.24, 2.45) is 5.92 Å². The zero-order chi connectivity index (χ0) is 30.5. The van der Waals surface area contributed by atoms with Crippen LogP contribution in [0, 0.1) is 5.92 Å². The Labute approximate surface area is 258 Å². The van der Waals surface area contributed by atoms with Gasteiger partial charge in [-0.25, -0.2) is 4.79 Å². The van der Waals surface area contributed by atoms with Crippen LogP contribution in [-0.4, -0.2) is 38.2 Å². The molecule has 1 aliphatic carbocycles. The highest BCUT2D eigenvalue weighted by atomic mass is 16.4. The van der Waals surface area contributed by atoms with Crippen LogP contribution in [0.15, 0.2) is 60.9 Å². The molecule has 2 aromatic carbocycles. The predicted octanol–water partition coefficient (Wildman–Crippen LogP) is 9.82. The summed E-state index contributed by atoms with van der Waals surface area (Å²) in [6.07, 6.45) is 12.6. The Hall–Kier alpha value is -3.60. The number of benzene rings is 2. The smallest absolute Gasteiger partial charge is 0.407 e. The van der Waals surface area contributed by atoms with Gasteiger partial charge < -0.3 is 14.6 Å². The lowest BCUT2D eigenvalue weighted by Crippen LogP contribution is -2.41. The van der Waals surface area contributed by atoms with E-state index in [1.807, 2.05) is 6.20 Å².